The normalized spacial score (nSPS) is 15.2. The van der Waals surface area contributed by atoms with Gasteiger partial charge in [-0.05, 0) is 49.9 Å². The summed E-state index contributed by atoms with van der Waals surface area (Å²) in [6.07, 6.45) is 5.60. The number of nitrogens with zero attached hydrogens (tertiary/aromatic N) is 2. The predicted molar refractivity (Wildman–Crippen MR) is 114 cm³/mol. The third-order valence-electron chi connectivity index (χ3n) is 5.43. The van der Waals surface area contributed by atoms with Crippen molar-refractivity contribution in [2.24, 2.45) is 0 Å². The number of aromatic amines is 1. The highest BCUT2D eigenvalue weighted by Gasteiger charge is 2.22. The zero-order valence-corrected chi connectivity index (χ0v) is 16.4. The monoisotopic (exact) mass is 420 g/mol. The molecule has 1 aliphatic carbocycles. The van der Waals surface area contributed by atoms with E-state index in [0.29, 0.717) is 34.3 Å². The van der Waals surface area contributed by atoms with Gasteiger partial charge in [-0.1, -0.05) is 6.07 Å². The van der Waals surface area contributed by atoms with E-state index in [1.165, 1.54) is 12.3 Å². The molecular formula is C21H20N6O4. The fourth-order valence-electron chi connectivity index (χ4n) is 3.81. The number of anilines is 2. The molecule has 0 unspecified atom stereocenters. The number of carboxylic acid groups (broad SMARTS) is 1. The molecule has 1 fully saturated rings. The molecule has 5 rings (SSSR count). The van der Waals surface area contributed by atoms with Crippen molar-refractivity contribution in [3.8, 4) is 28.4 Å². The molecule has 0 bridgehead atoms. The second kappa shape index (κ2) is 7.73. The van der Waals surface area contributed by atoms with E-state index < -0.39 is 5.97 Å². The average Bonchev–Trinajstić information content (AvgIpc) is 3.46. The molecule has 2 aliphatic rings. The minimum atomic E-state index is -1.02. The molecule has 3 heterocycles. The first-order valence-electron chi connectivity index (χ1n) is 10.0. The third-order valence-corrected chi connectivity index (χ3v) is 5.43. The van der Waals surface area contributed by atoms with Gasteiger partial charge >= 0.3 is 5.97 Å². The molecule has 10 nitrogen and oxygen atoms in total. The number of fused-ring (bicyclic) bond motifs is 1. The van der Waals surface area contributed by atoms with Crippen LogP contribution in [0.1, 0.15) is 36.0 Å². The Morgan fingerprint density at radius 2 is 1.97 bits per heavy atom. The molecule has 0 radical (unpaired) electrons. The molecule has 0 amide bonds. The van der Waals surface area contributed by atoms with Crippen molar-refractivity contribution >= 4 is 17.5 Å². The highest BCUT2D eigenvalue weighted by Crippen LogP contribution is 2.35. The highest BCUT2D eigenvalue weighted by atomic mass is 16.5. The van der Waals surface area contributed by atoms with Gasteiger partial charge in [-0.2, -0.15) is 0 Å². The summed E-state index contributed by atoms with van der Waals surface area (Å²) in [6, 6.07) is 8.70. The fourth-order valence-corrected chi connectivity index (χ4v) is 3.81. The van der Waals surface area contributed by atoms with E-state index in [9.17, 15) is 9.59 Å². The van der Waals surface area contributed by atoms with E-state index in [4.69, 9.17) is 9.84 Å². The summed E-state index contributed by atoms with van der Waals surface area (Å²) >= 11 is 0. The molecular weight excluding hydrogens is 400 g/mol. The Bertz CT molecular complexity index is 1200. The molecule has 1 saturated carbocycles. The summed E-state index contributed by atoms with van der Waals surface area (Å²) in [5.74, 6) is 0.357. The second-order valence-corrected chi connectivity index (χ2v) is 7.49. The van der Waals surface area contributed by atoms with Crippen LogP contribution in [0.5, 0.6) is 5.75 Å². The Labute approximate surface area is 176 Å². The van der Waals surface area contributed by atoms with Crippen molar-refractivity contribution in [2.45, 2.75) is 31.8 Å². The summed E-state index contributed by atoms with van der Waals surface area (Å²) in [5, 5.41) is 9.09. The maximum absolute atomic E-state index is 12.4. The predicted octanol–water partition coefficient (Wildman–Crippen LogP) is 2.78. The molecule has 31 heavy (non-hydrogen) atoms. The first-order chi connectivity index (χ1) is 15.1. The van der Waals surface area contributed by atoms with Gasteiger partial charge in [0.05, 0.1) is 22.9 Å². The van der Waals surface area contributed by atoms with Gasteiger partial charge in [-0.25, -0.2) is 9.78 Å². The number of hydrazine groups is 2. The molecule has 0 saturated heterocycles. The van der Waals surface area contributed by atoms with Crippen LogP contribution in [0.15, 0.2) is 41.3 Å². The molecule has 5 N–H and O–H groups in total. The number of hydrogen-bond acceptors (Lipinski definition) is 8. The lowest BCUT2D eigenvalue weighted by Gasteiger charge is -2.17. The summed E-state index contributed by atoms with van der Waals surface area (Å²) in [6.45, 7) is 0. The molecule has 1 aromatic carbocycles. The van der Waals surface area contributed by atoms with E-state index in [2.05, 4.69) is 31.3 Å². The molecule has 3 aromatic rings. The van der Waals surface area contributed by atoms with Crippen LogP contribution in [0.2, 0.25) is 0 Å². The lowest BCUT2D eigenvalue weighted by atomic mass is 10.1. The van der Waals surface area contributed by atoms with Crippen LogP contribution >= 0.6 is 0 Å². The Balaban J connectivity index is 1.57. The van der Waals surface area contributed by atoms with E-state index in [1.807, 2.05) is 18.2 Å². The van der Waals surface area contributed by atoms with E-state index in [0.717, 1.165) is 31.2 Å². The number of hydrogen-bond donors (Lipinski definition) is 5. The molecule has 10 heteroatoms. The zero-order chi connectivity index (χ0) is 21.4. The average molecular weight is 420 g/mol. The van der Waals surface area contributed by atoms with Gasteiger partial charge in [0.1, 0.15) is 11.6 Å². The standard InChI is InChI=1S/C21H20N6O4/c28-20-17-19(26-27-25-17)23-18(24-20)14-7-5-11(9-16(14)31-13-3-1-2-4-13)15-8-6-12(10-22-15)21(29)30/h5-10,13,25,27H,1-4H2,(H,29,30)(H2,23,24,26,28). The molecule has 0 atom stereocenters. The third kappa shape index (κ3) is 3.68. The van der Waals surface area contributed by atoms with Crippen molar-refractivity contribution in [1.29, 1.82) is 0 Å². The summed E-state index contributed by atoms with van der Waals surface area (Å²) in [5.41, 5.74) is 10.4. The number of carbonyl (C=O) groups is 1. The van der Waals surface area contributed by atoms with Gasteiger partial charge in [0.15, 0.2) is 11.5 Å². The highest BCUT2D eigenvalue weighted by molar-refractivity contribution is 5.87. The van der Waals surface area contributed by atoms with Crippen LogP contribution in [-0.4, -0.2) is 32.1 Å². The molecule has 0 spiro atoms. The van der Waals surface area contributed by atoms with Gasteiger partial charge in [-0.3, -0.25) is 20.6 Å². The first kappa shape index (κ1) is 19.1. The maximum atomic E-state index is 12.4. The lowest BCUT2D eigenvalue weighted by Crippen LogP contribution is -2.21. The number of carboxylic acids is 1. The number of ether oxygens (including phenoxy) is 1. The Hall–Kier alpha value is -3.92. The molecule has 158 valence electrons. The maximum Gasteiger partial charge on any atom is 0.337 e. The van der Waals surface area contributed by atoms with Crippen LogP contribution in [0.4, 0.5) is 11.5 Å². The minimum absolute atomic E-state index is 0.0963. The van der Waals surface area contributed by atoms with E-state index in [1.54, 1.807) is 6.07 Å². The SMILES string of the molecule is O=C(O)c1ccc(-c2ccc(-c3nc4c(c(=O)[nH]3)NNN4)c(OC3CCCC3)c2)nc1. The topological polar surface area (TPSA) is 141 Å². The molecule has 2 aromatic heterocycles. The number of aromatic carboxylic acids is 1. The van der Waals surface area contributed by atoms with Crippen LogP contribution in [0.25, 0.3) is 22.6 Å². The van der Waals surface area contributed by atoms with Gasteiger partial charge in [-0.15, -0.1) is 5.53 Å². The Morgan fingerprint density at radius 1 is 1.13 bits per heavy atom. The molecule has 1 aliphatic heterocycles. The van der Waals surface area contributed by atoms with Gasteiger partial charge in [0.2, 0.25) is 0 Å². The van der Waals surface area contributed by atoms with Gasteiger partial charge in [0, 0.05) is 11.8 Å². The number of aromatic nitrogens is 3. The van der Waals surface area contributed by atoms with Crippen LogP contribution < -0.4 is 26.7 Å². The fraction of sp³-hybridized carbons (Fsp3) is 0.238. The number of H-pyrrole nitrogens is 1. The number of pyridine rings is 1. The quantitative estimate of drug-likeness (QED) is 0.421. The summed E-state index contributed by atoms with van der Waals surface area (Å²) in [4.78, 5) is 35.1. The Morgan fingerprint density at radius 3 is 2.71 bits per heavy atom. The van der Waals surface area contributed by atoms with E-state index >= 15 is 0 Å². The van der Waals surface area contributed by atoms with Crippen molar-refractivity contribution in [3.63, 3.8) is 0 Å². The van der Waals surface area contributed by atoms with Crippen LogP contribution in [0.3, 0.4) is 0 Å². The van der Waals surface area contributed by atoms with Crippen molar-refractivity contribution in [2.75, 3.05) is 10.9 Å². The van der Waals surface area contributed by atoms with Crippen LogP contribution in [0, 0.1) is 0 Å². The minimum Gasteiger partial charge on any atom is -0.490 e. The number of nitrogens with one attached hydrogen (secondary N) is 4. The largest absolute Gasteiger partial charge is 0.490 e. The lowest BCUT2D eigenvalue weighted by molar-refractivity contribution is 0.0696. The van der Waals surface area contributed by atoms with Crippen LogP contribution in [-0.2, 0) is 0 Å². The smallest absolute Gasteiger partial charge is 0.337 e. The summed E-state index contributed by atoms with van der Waals surface area (Å²) < 4.78 is 6.31. The van der Waals surface area contributed by atoms with Crippen molar-refractivity contribution in [1.82, 2.24) is 20.5 Å². The van der Waals surface area contributed by atoms with Gasteiger partial charge < -0.3 is 14.8 Å². The zero-order valence-electron chi connectivity index (χ0n) is 16.4. The number of benzene rings is 1. The van der Waals surface area contributed by atoms with E-state index in [-0.39, 0.29) is 17.2 Å². The van der Waals surface area contributed by atoms with Crippen molar-refractivity contribution < 1.29 is 14.6 Å². The van der Waals surface area contributed by atoms with Crippen molar-refractivity contribution in [3.05, 3.63) is 52.4 Å². The second-order valence-electron chi connectivity index (χ2n) is 7.49. The first-order valence-corrected chi connectivity index (χ1v) is 10.0. The number of rotatable bonds is 5. The van der Waals surface area contributed by atoms with Gasteiger partial charge in [0.25, 0.3) is 5.56 Å². The Kier molecular flexibility index (Phi) is 4.75. The summed E-state index contributed by atoms with van der Waals surface area (Å²) in [7, 11) is 0.